The number of unbranched alkanes of at least 4 members (excludes halogenated alkanes) is 8. The normalized spacial score (nSPS) is 9.13. The third-order valence-corrected chi connectivity index (χ3v) is 3.58. The van der Waals surface area contributed by atoms with Gasteiger partial charge >= 0.3 is 0 Å². The van der Waals surface area contributed by atoms with Crippen LogP contribution in [-0.4, -0.2) is 4.84 Å². The first-order valence-electron chi connectivity index (χ1n) is 10.3. The van der Waals surface area contributed by atoms with Crippen LogP contribution in [0.15, 0.2) is 0 Å². The third kappa shape index (κ3) is 71.3. The molecule has 0 fully saturated rings. The summed E-state index contributed by atoms with van der Waals surface area (Å²) in [4.78, 5) is -0.151. The Morgan fingerprint density at radius 1 is 0.435 bits per heavy atom. The van der Waals surface area contributed by atoms with Gasteiger partial charge in [-0.15, -0.1) is 23.2 Å². The van der Waals surface area contributed by atoms with Gasteiger partial charge in [-0.2, -0.15) is 0 Å². The van der Waals surface area contributed by atoms with Gasteiger partial charge in [-0.25, -0.2) is 0 Å². The van der Waals surface area contributed by atoms with Crippen LogP contribution in [0.4, 0.5) is 0 Å². The van der Waals surface area contributed by atoms with Gasteiger partial charge in [0.05, 0.1) is 0 Å². The van der Waals surface area contributed by atoms with Crippen molar-refractivity contribution in [2.24, 2.45) is 0 Å². The predicted molar refractivity (Wildman–Crippen MR) is 115 cm³/mol. The Bertz CT molecular complexity index is 116. The molecule has 0 spiro atoms. The van der Waals surface area contributed by atoms with Gasteiger partial charge in [-0.1, -0.05) is 126 Å². The first kappa shape index (κ1) is 31.4. The molecule has 0 saturated heterocycles. The van der Waals surface area contributed by atoms with Crippen molar-refractivity contribution in [1.29, 1.82) is 0 Å². The van der Waals surface area contributed by atoms with Crippen LogP contribution in [0.2, 0.25) is 0 Å². The number of hydrogen-bond acceptors (Lipinski definition) is 0. The summed E-state index contributed by atoms with van der Waals surface area (Å²) in [6.07, 6.45) is 16.8. The molecule has 23 heavy (non-hydrogen) atoms. The van der Waals surface area contributed by atoms with Crippen molar-refractivity contribution < 1.29 is 0 Å². The van der Waals surface area contributed by atoms with Crippen LogP contribution in [0, 0.1) is 0 Å². The molecule has 0 nitrogen and oxygen atoms in total. The Morgan fingerprint density at radius 3 is 0.826 bits per heavy atom. The van der Waals surface area contributed by atoms with Gasteiger partial charge in [0, 0.05) is 0 Å². The molecule has 0 aliphatic rings. The molecule has 0 radical (unpaired) electrons. The summed E-state index contributed by atoms with van der Waals surface area (Å²) in [5.41, 5.74) is 0. The lowest BCUT2D eigenvalue weighted by Gasteiger charge is -1.96. The molecule has 0 rings (SSSR count). The highest BCUT2D eigenvalue weighted by molar-refractivity contribution is 6.44. The molecule has 0 saturated carbocycles. The van der Waals surface area contributed by atoms with E-state index < -0.39 is 0 Å². The smallest absolute Gasteiger partial charge is 0.105 e. The fourth-order valence-corrected chi connectivity index (χ4v) is 1.92. The molecular formula is C21H48Cl2. The fourth-order valence-electron chi connectivity index (χ4n) is 1.61. The molecular weight excluding hydrogens is 323 g/mol. The standard InChI is InChI=1S/C6H12Cl2.3C5H12/c1-2-3-4-5-6(7)8;3*1-3-5-4-2/h6H,2-5H2,1H3;3*3-5H2,1-2H3. The van der Waals surface area contributed by atoms with Crippen molar-refractivity contribution in [3.05, 3.63) is 0 Å². The van der Waals surface area contributed by atoms with E-state index in [-0.39, 0.29) is 4.84 Å². The summed E-state index contributed by atoms with van der Waals surface area (Å²) in [7, 11) is 0. The van der Waals surface area contributed by atoms with Gasteiger partial charge in [-0.05, 0) is 6.42 Å². The Labute approximate surface area is 160 Å². The van der Waals surface area contributed by atoms with Crippen molar-refractivity contribution >= 4 is 23.2 Å². The van der Waals surface area contributed by atoms with E-state index >= 15 is 0 Å². The largest absolute Gasteiger partial charge is 0.107 e. The Kier molecular flexibility index (Phi) is 52.2. The average Bonchev–Trinajstić information content (AvgIpc) is 2.51. The zero-order valence-electron chi connectivity index (χ0n) is 17.5. The van der Waals surface area contributed by atoms with E-state index in [1.165, 1.54) is 70.6 Å². The minimum absolute atomic E-state index is 0.151. The molecule has 0 heterocycles. The Balaban J connectivity index is -0.000000108. The Morgan fingerprint density at radius 2 is 0.696 bits per heavy atom. The van der Waals surface area contributed by atoms with Crippen LogP contribution in [0.1, 0.15) is 132 Å². The highest BCUT2D eigenvalue weighted by atomic mass is 35.5. The van der Waals surface area contributed by atoms with Crippen molar-refractivity contribution in [2.75, 3.05) is 0 Å². The van der Waals surface area contributed by atoms with Crippen LogP contribution < -0.4 is 0 Å². The maximum atomic E-state index is 5.48. The van der Waals surface area contributed by atoms with E-state index in [1.54, 1.807) is 0 Å². The van der Waals surface area contributed by atoms with Gasteiger partial charge in [-0.3, -0.25) is 0 Å². The topological polar surface area (TPSA) is 0 Å². The molecule has 0 aliphatic carbocycles. The molecule has 0 N–H and O–H groups in total. The maximum Gasteiger partial charge on any atom is 0.107 e. The number of hydrogen-bond donors (Lipinski definition) is 0. The number of rotatable bonds is 10. The van der Waals surface area contributed by atoms with E-state index in [9.17, 15) is 0 Å². The Hall–Kier alpha value is 0.580. The summed E-state index contributed by atoms with van der Waals surface area (Å²) in [6, 6.07) is 0. The van der Waals surface area contributed by atoms with E-state index in [1.807, 2.05) is 0 Å². The van der Waals surface area contributed by atoms with Crippen molar-refractivity contribution in [2.45, 2.75) is 137 Å². The number of halogens is 2. The molecule has 146 valence electrons. The van der Waals surface area contributed by atoms with Gasteiger partial charge in [0.15, 0.2) is 0 Å². The monoisotopic (exact) mass is 370 g/mol. The molecule has 0 atom stereocenters. The van der Waals surface area contributed by atoms with Gasteiger partial charge in [0.1, 0.15) is 4.84 Å². The van der Waals surface area contributed by atoms with Gasteiger partial charge in [0.25, 0.3) is 0 Å². The molecule has 0 unspecified atom stereocenters. The van der Waals surface area contributed by atoms with Crippen molar-refractivity contribution in [3.8, 4) is 0 Å². The summed E-state index contributed by atoms with van der Waals surface area (Å²) >= 11 is 11.0. The van der Waals surface area contributed by atoms with Crippen LogP contribution in [0.3, 0.4) is 0 Å². The summed E-state index contributed by atoms with van der Waals surface area (Å²) < 4.78 is 0. The van der Waals surface area contributed by atoms with Crippen LogP contribution in [-0.2, 0) is 0 Å². The average molecular weight is 372 g/mol. The van der Waals surface area contributed by atoms with Crippen LogP contribution >= 0.6 is 23.2 Å². The quantitative estimate of drug-likeness (QED) is 0.265. The lowest BCUT2D eigenvalue weighted by Crippen LogP contribution is -1.84. The summed E-state index contributed by atoms with van der Waals surface area (Å²) in [6.45, 7) is 15.4. The number of alkyl halides is 2. The molecule has 0 aromatic carbocycles. The first-order chi connectivity index (χ1) is 11.0. The van der Waals surface area contributed by atoms with Crippen LogP contribution in [0.25, 0.3) is 0 Å². The second-order valence-electron chi connectivity index (χ2n) is 5.95. The second-order valence-corrected chi connectivity index (χ2v) is 7.22. The van der Waals surface area contributed by atoms with Gasteiger partial charge < -0.3 is 0 Å². The van der Waals surface area contributed by atoms with Crippen molar-refractivity contribution in [3.63, 3.8) is 0 Å². The maximum absolute atomic E-state index is 5.48. The highest BCUT2D eigenvalue weighted by Crippen LogP contribution is 2.11. The van der Waals surface area contributed by atoms with E-state index in [0.29, 0.717) is 0 Å². The molecule has 0 bridgehead atoms. The van der Waals surface area contributed by atoms with E-state index in [0.717, 1.165) is 12.8 Å². The lowest BCUT2D eigenvalue weighted by atomic mass is 10.2. The molecule has 0 amide bonds. The molecule has 0 aromatic rings. The summed E-state index contributed by atoms with van der Waals surface area (Å²) in [5, 5.41) is 0. The highest BCUT2D eigenvalue weighted by Gasteiger charge is 1.95. The van der Waals surface area contributed by atoms with Gasteiger partial charge in [0.2, 0.25) is 0 Å². The zero-order chi connectivity index (χ0) is 18.8. The predicted octanol–water partition coefficient (Wildman–Crippen LogP) is 9.96. The van der Waals surface area contributed by atoms with E-state index in [2.05, 4.69) is 48.5 Å². The molecule has 2 heteroatoms. The second kappa shape index (κ2) is 38.3. The lowest BCUT2D eigenvalue weighted by molar-refractivity contribution is 0.692. The molecule has 0 aliphatic heterocycles. The zero-order valence-corrected chi connectivity index (χ0v) is 19.0. The van der Waals surface area contributed by atoms with E-state index in [4.69, 9.17) is 23.2 Å². The van der Waals surface area contributed by atoms with Crippen LogP contribution in [0.5, 0.6) is 0 Å². The third-order valence-electron chi connectivity index (χ3n) is 3.15. The SMILES string of the molecule is CCCCC.CCCCC.CCCCC.CCCCCC(Cl)Cl. The minimum Gasteiger partial charge on any atom is -0.105 e. The van der Waals surface area contributed by atoms with Crippen molar-refractivity contribution in [1.82, 2.24) is 0 Å². The fraction of sp³-hybridized carbons (Fsp3) is 1.00. The summed E-state index contributed by atoms with van der Waals surface area (Å²) in [5.74, 6) is 0. The first-order valence-corrected chi connectivity index (χ1v) is 11.2. The molecule has 0 aromatic heterocycles. The minimum atomic E-state index is -0.151.